The minimum atomic E-state index is -0.456. The molecule has 0 radical (unpaired) electrons. The van der Waals surface area contributed by atoms with Crippen LogP contribution in [-0.4, -0.2) is 10.8 Å². The molecule has 1 aromatic rings. The van der Waals surface area contributed by atoms with Crippen LogP contribution in [0.25, 0.3) is 0 Å². The Bertz CT molecular complexity index is 672. The Morgan fingerprint density at radius 1 is 0.960 bits per heavy atom. The SMILES string of the molecule is O=C(Nc1ccccc1[N+](=O)[O-])C1C2CC/C=C\CC/C=C\CCC21. The Kier molecular flexibility index (Phi) is 5.64. The van der Waals surface area contributed by atoms with E-state index in [1.807, 2.05) is 0 Å². The standard InChI is InChI=1S/C20H24N2O3/c23-20(21-17-13-9-10-14-18(17)22(24)25)19-15-11-7-5-3-1-2-4-6-8-12-16(15)19/h3-6,9-10,13-16,19H,1-2,7-8,11-12H2,(H,21,23)/b5-3-,6-4-. The van der Waals surface area contributed by atoms with E-state index >= 15 is 0 Å². The number of para-hydroxylation sites is 2. The molecule has 1 amide bonds. The lowest BCUT2D eigenvalue weighted by atomic mass is 10.1. The van der Waals surface area contributed by atoms with Crippen molar-refractivity contribution in [1.82, 2.24) is 0 Å². The molecule has 0 bridgehead atoms. The van der Waals surface area contributed by atoms with Crippen molar-refractivity contribution in [3.05, 3.63) is 58.7 Å². The van der Waals surface area contributed by atoms with Crippen molar-refractivity contribution in [3.63, 3.8) is 0 Å². The molecule has 2 unspecified atom stereocenters. The van der Waals surface area contributed by atoms with Crippen LogP contribution in [0.2, 0.25) is 0 Å². The van der Waals surface area contributed by atoms with E-state index in [0.29, 0.717) is 17.5 Å². The molecule has 132 valence electrons. The summed E-state index contributed by atoms with van der Waals surface area (Å²) in [7, 11) is 0. The Hall–Kier alpha value is -2.43. The van der Waals surface area contributed by atoms with Crippen molar-refractivity contribution in [2.75, 3.05) is 5.32 Å². The maximum atomic E-state index is 12.7. The summed E-state index contributed by atoms with van der Waals surface area (Å²) in [4.78, 5) is 23.3. The molecule has 0 spiro atoms. The number of anilines is 1. The van der Waals surface area contributed by atoms with Crippen molar-refractivity contribution in [2.24, 2.45) is 17.8 Å². The lowest BCUT2D eigenvalue weighted by Gasteiger charge is -2.05. The number of nitro groups is 1. The molecule has 1 aromatic carbocycles. The number of carbonyl (C=O) groups excluding carboxylic acids is 1. The molecule has 2 aliphatic carbocycles. The van der Waals surface area contributed by atoms with Crippen molar-refractivity contribution in [1.29, 1.82) is 0 Å². The minimum absolute atomic E-state index is 0.0256. The zero-order chi connectivity index (χ0) is 17.6. The van der Waals surface area contributed by atoms with Gasteiger partial charge in [0.25, 0.3) is 5.69 Å². The van der Waals surface area contributed by atoms with Crippen molar-refractivity contribution in [2.45, 2.75) is 38.5 Å². The molecule has 2 atom stereocenters. The highest BCUT2D eigenvalue weighted by molar-refractivity contribution is 5.96. The molecule has 1 saturated carbocycles. The van der Waals surface area contributed by atoms with E-state index in [4.69, 9.17) is 0 Å². The van der Waals surface area contributed by atoms with Crippen LogP contribution in [0, 0.1) is 27.9 Å². The summed E-state index contributed by atoms with van der Waals surface area (Å²) in [6.45, 7) is 0. The van der Waals surface area contributed by atoms with Gasteiger partial charge >= 0.3 is 0 Å². The van der Waals surface area contributed by atoms with Crippen molar-refractivity contribution < 1.29 is 9.72 Å². The normalized spacial score (nSPS) is 28.6. The summed E-state index contributed by atoms with van der Waals surface area (Å²) in [5, 5.41) is 13.9. The molecule has 5 heteroatoms. The van der Waals surface area contributed by atoms with Crippen LogP contribution in [0.15, 0.2) is 48.6 Å². The van der Waals surface area contributed by atoms with Gasteiger partial charge in [-0.3, -0.25) is 14.9 Å². The van der Waals surface area contributed by atoms with Gasteiger partial charge in [0.2, 0.25) is 5.91 Å². The third-order valence-corrected chi connectivity index (χ3v) is 5.16. The van der Waals surface area contributed by atoms with Gasteiger partial charge in [-0.25, -0.2) is 0 Å². The summed E-state index contributed by atoms with van der Waals surface area (Å²) in [6.07, 6.45) is 15.0. The van der Waals surface area contributed by atoms with E-state index in [0.717, 1.165) is 38.5 Å². The molecule has 1 fully saturated rings. The fourth-order valence-electron chi connectivity index (χ4n) is 3.82. The lowest BCUT2D eigenvalue weighted by molar-refractivity contribution is -0.383. The number of nitrogens with one attached hydrogen (secondary N) is 1. The number of nitrogens with zero attached hydrogens (tertiary/aromatic N) is 1. The first-order chi connectivity index (χ1) is 12.2. The van der Waals surface area contributed by atoms with E-state index in [2.05, 4.69) is 29.6 Å². The molecule has 0 aromatic heterocycles. The highest BCUT2D eigenvalue weighted by atomic mass is 16.6. The summed E-state index contributed by atoms with van der Waals surface area (Å²) >= 11 is 0. The second-order valence-corrected chi connectivity index (χ2v) is 6.79. The monoisotopic (exact) mass is 340 g/mol. The second kappa shape index (κ2) is 8.10. The van der Waals surface area contributed by atoms with E-state index in [-0.39, 0.29) is 17.5 Å². The van der Waals surface area contributed by atoms with E-state index in [1.54, 1.807) is 18.2 Å². The average Bonchev–Trinajstić information content (AvgIpc) is 3.27. The largest absolute Gasteiger partial charge is 0.320 e. The summed E-state index contributed by atoms with van der Waals surface area (Å²) < 4.78 is 0. The fraction of sp³-hybridized carbons (Fsp3) is 0.450. The summed E-state index contributed by atoms with van der Waals surface area (Å²) in [6, 6.07) is 6.32. The van der Waals surface area contributed by atoms with Gasteiger partial charge in [-0.05, 0) is 56.4 Å². The number of nitro benzene ring substituents is 1. The lowest BCUT2D eigenvalue weighted by Crippen LogP contribution is -2.16. The maximum Gasteiger partial charge on any atom is 0.292 e. The third-order valence-electron chi connectivity index (χ3n) is 5.16. The van der Waals surface area contributed by atoms with Gasteiger partial charge in [-0.1, -0.05) is 36.4 Å². The van der Waals surface area contributed by atoms with Gasteiger partial charge in [-0.2, -0.15) is 0 Å². The van der Waals surface area contributed by atoms with Crippen LogP contribution in [0.5, 0.6) is 0 Å². The molecule has 25 heavy (non-hydrogen) atoms. The Morgan fingerprint density at radius 3 is 2.12 bits per heavy atom. The number of benzene rings is 1. The van der Waals surface area contributed by atoms with Crippen LogP contribution < -0.4 is 5.32 Å². The number of hydrogen-bond donors (Lipinski definition) is 1. The van der Waals surface area contributed by atoms with E-state index < -0.39 is 4.92 Å². The first kappa shape index (κ1) is 17.4. The van der Waals surface area contributed by atoms with Gasteiger partial charge in [0.15, 0.2) is 0 Å². The van der Waals surface area contributed by atoms with Crippen LogP contribution in [0.1, 0.15) is 38.5 Å². The zero-order valence-corrected chi connectivity index (χ0v) is 14.3. The van der Waals surface area contributed by atoms with Crippen LogP contribution in [0.4, 0.5) is 11.4 Å². The van der Waals surface area contributed by atoms with E-state index in [9.17, 15) is 14.9 Å². The molecule has 0 heterocycles. The number of amides is 1. The molecule has 0 saturated heterocycles. The number of fused-ring (bicyclic) bond motifs is 1. The fourth-order valence-corrected chi connectivity index (χ4v) is 3.82. The molecular weight excluding hydrogens is 316 g/mol. The Morgan fingerprint density at radius 2 is 1.52 bits per heavy atom. The summed E-state index contributed by atoms with van der Waals surface area (Å²) in [5.74, 6) is 0.676. The first-order valence-corrected chi connectivity index (χ1v) is 9.03. The number of rotatable bonds is 3. The molecular formula is C20H24N2O3. The highest BCUT2D eigenvalue weighted by Crippen LogP contribution is 2.52. The summed E-state index contributed by atoms with van der Waals surface area (Å²) in [5.41, 5.74) is 0.237. The first-order valence-electron chi connectivity index (χ1n) is 9.03. The molecule has 1 N–H and O–H groups in total. The van der Waals surface area contributed by atoms with E-state index in [1.165, 1.54) is 6.07 Å². The second-order valence-electron chi connectivity index (χ2n) is 6.79. The molecule has 2 aliphatic rings. The Labute approximate surface area is 148 Å². The number of allylic oxidation sites excluding steroid dienone is 4. The predicted octanol–water partition coefficient (Wildman–Crippen LogP) is 4.86. The molecule has 0 aliphatic heterocycles. The predicted molar refractivity (Wildman–Crippen MR) is 98.2 cm³/mol. The van der Waals surface area contributed by atoms with Crippen LogP contribution in [0.3, 0.4) is 0 Å². The topological polar surface area (TPSA) is 72.2 Å². The molecule has 5 nitrogen and oxygen atoms in total. The third kappa shape index (κ3) is 4.35. The van der Waals surface area contributed by atoms with Crippen LogP contribution >= 0.6 is 0 Å². The van der Waals surface area contributed by atoms with Gasteiger partial charge in [0.05, 0.1) is 4.92 Å². The number of carbonyl (C=O) groups is 1. The average molecular weight is 340 g/mol. The zero-order valence-electron chi connectivity index (χ0n) is 14.3. The van der Waals surface area contributed by atoms with Crippen LogP contribution in [-0.2, 0) is 4.79 Å². The van der Waals surface area contributed by atoms with Gasteiger partial charge in [0, 0.05) is 12.0 Å². The Balaban J connectivity index is 1.67. The van der Waals surface area contributed by atoms with Gasteiger partial charge < -0.3 is 5.32 Å². The van der Waals surface area contributed by atoms with Gasteiger partial charge in [0.1, 0.15) is 5.69 Å². The quantitative estimate of drug-likeness (QED) is 0.485. The highest BCUT2D eigenvalue weighted by Gasteiger charge is 2.53. The van der Waals surface area contributed by atoms with Crippen molar-refractivity contribution in [3.8, 4) is 0 Å². The van der Waals surface area contributed by atoms with Crippen molar-refractivity contribution >= 4 is 17.3 Å². The molecule has 3 rings (SSSR count). The number of hydrogen-bond acceptors (Lipinski definition) is 3. The maximum absolute atomic E-state index is 12.7. The minimum Gasteiger partial charge on any atom is -0.320 e. The van der Waals surface area contributed by atoms with Gasteiger partial charge in [-0.15, -0.1) is 0 Å². The smallest absolute Gasteiger partial charge is 0.292 e.